The highest BCUT2D eigenvalue weighted by Crippen LogP contribution is 2.14. The first-order valence-corrected chi connectivity index (χ1v) is 6.71. The predicted molar refractivity (Wildman–Crippen MR) is 78.3 cm³/mol. The molecule has 2 rings (SSSR count). The van der Waals surface area contributed by atoms with Gasteiger partial charge in [-0.25, -0.2) is 0 Å². The van der Waals surface area contributed by atoms with Crippen molar-refractivity contribution in [2.45, 2.75) is 32.9 Å². The zero-order chi connectivity index (χ0) is 13.5. The maximum atomic E-state index is 4.24. The van der Waals surface area contributed by atoms with Crippen LogP contribution in [0.3, 0.4) is 0 Å². The molecule has 19 heavy (non-hydrogen) atoms. The molecule has 0 aromatic carbocycles. The third kappa shape index (κ3) is 4.28. The molecule has 0 fully saturated rings. The molecule has 1 unspecified atom stereocenters. The van der Waals surface area contributed by atoms with Crippen LogP contribution in [0.4, 0.5) is 11.4 Å². The molecule has 102 valence electrons. The SMILES string of the molecule is CCCNc1cncc(NC(C)Cn2cccn2)c1. The van der Waals surface area contributed by atoms with E-state index in [0.29, 0.717) is 6.04 Å². The maximum Gasteiger partial charge on any atom is 0.0608 e. The number of pyridine rings is 1. The summed E-state index contributed by atoms with van der Waals surface area (Å²) in [5, 5.41) is 11.0. The Balaban J connectivity index is 1.90. The van der Waals surface area contributed by atoms with Gasteiger partial charge in [0.1, 0.15) is 0 Å². The van der Waals surface area contributed by atoms with Crippen molar-refractivity contribution in [1.82, 2.24) is 14.8 Å². The number of anilines is 2. The van der Waals surface area contributed by atoms with Crippen molar-refractivity contribution in [2.75, 3.05) is 17.2 Å². The number of hydrogen-bond donors (Lipinski definition) is 2. The maximum absolute atomic E-state index is 4.24. The molecular formula is C14H21N5. The first-order valence-electron chi connectivity index (χ1n) is 6.71. The van der Waals surface area contributed by atoms with Gasteiger partial charge in [0, 0.05) is 25.0 Å². The lowest BCUT2D eigenvalue weighted by molar-refractivity contribution is 0.561. The average Bonchev–Trinajstić information content (AvgIpc) is 2.89. The molecule has 2 N–H and O–H groups in total. The highest BCUT2D eigenvalue weighted by molar-refractivity contribution is 5.54. The van der Waals surface area contributed by atoms with Crippen LogP contribution in [0.25, 0.3) is 0 Å². The molecule has 0 saturated heterocycles. The lowest BCUT2D eigenvalue weighted by atomic mass is 10.3. The van der Waals surface area contributed by atoms with E-state index in [9.17, 15) is 0 Å². The third-order valence-electron chi connectivity index (χ3n) is 2.75. The van der Waals surface area contributed by atoms with Crippen LogP contribution in [0.5, 0.6) is 0 Å². The van der Waals surface area contributed by atoms with Gasteiger partial charge in [-0.1, -0.05) is 6.92 Å². The molecule has 0 aliphatic carbocycles. The molecule has 0 saturated carbocycles. The van der Waals surface area contributed by atoms with Crippen LogP contribution in [0.2, 0.25) is 0 Å². The van der Waals surface area contributed by atoms with Crippen molar-refractivity contribution in [3.8, 4) is 0 Å². The Bertz CT molecular complexity index is 480. The molecule has 2 aromatic rings. The molecule has 0 aliphatic heterocycles. The van der Waals surface area contributed by atoms with Gasteiger partial charge in [0.25, 0.3) is 0 Å². The highest BCUT2D eigenvalue weighted by Gasteiger charge is 2.04. The standard InChI is InChI=1S/C14H21N5/c1-3-5-16-13-8-14(10-15-9-13)18-12(2)11-19-7-4-6-17-19/h4,6-10,12,16,18H,3,5,11H2,1-2H3. The molecular weight excluding hydrogens is 238 g/mol. The molecule has 2 aromatic heterocycles. The van der Waals surface area contributed by atoms with Gasteiger partial charge in [-0.05, 0) is 25.5 Å². The highest BCUT2D eigenvalue weighted by atomic mass is 15.3. The third-order valence-corrected chi connectivity index (χ3v) is 2.75. The van der Waals surface area contributed by atoms with Gasteiger partial charge in [-0.3, -0.25) is 9.67 Å². The quantitative estimate of drug-likeness (QED) is 0.802. The van der Waals surface area contributed by atoms with Gasteiger partial charge in [-0.2, -0.15) is 5.10 Å². The van der Waals surface area contributed by atoms with Crippen molar-refractivity contribution in [3.05, 3.63) is 36.9 Å². The summed E-state index contributed by atoms with van der Waals surface area (Å²) < 4.78 is 1.92. The lowest BCUT2D eigenvalue weighted by Crippen LogP contribution is -2.22. The van der Waals surface area contributed by atoms with E-state index in [1.54, 1.807) is 6.20 Å². The molecule has 0 amide bonds. The van der Waals surface area contributed by atoms with Crippen molar-refractivity contribution < 1.29 is 0 Å². The predicted octanol–water partition coefficient (Wildman–Crippen LogP) is 2.60. The van der Waals surface area contributed by atoms with Gasteiger partial charge in [0.15, 0.2) is 0 Å². The molecule has 0 radical (unpaired) electrons. The number of hydrogen-bond acceptors (Lipinski definition) is 4. The van der Waals surface area contributed by atoms with Gasteiger partial charge >= 0.3 is 0 Å². The van der Waals surface area contributed by atoms with Crippen molar-refractivity contribution >= 4 is 11.4 Å². The van der Waals surface area contributed by atoms with E-state index in [4.69, 9.17) is 0 Å². The second-order valence-electron chi connectivity index (χ2n) is 4.66. The Labute approximate surface area is 114 Å². The van der Waals surface area contributed by atoms with E-state index in [1.807, 2.05) is 29.3 Å². The van der Waals surface area contributed by atoms with Gasteiger partial charge in [0.2, 0.25) is 0 Å². The van der Waals surface area contributed by atoms with Crippen molar-refractivity contribution in [1.29, 1.82) is 0 Å². The second kappa shape index (κ2) is 6.78. The van der Waals surface area contributed by atoms with E-state index >= 15 is 0 Å². The van der Waals surface area contributed by atoms with Crippen LogP contribution in [-0.4, -0.2) is 27.4 Å². The first kappa shape index (κ1) is 13.4. The largest absolute Gasteiger partial charge is 0.384 e. The minimum absolute atomic E-state index is 0.295. The Morgan fingerprint density at radius 2 is 2.16 bits per heavy atom. The van der Waals surface area contributed by atoms with Crippen LogP contribution in [-0.2, 0) is 6.54 Å². The average molecular weight is 259 g/mol. The lowest BCUT2D eigenvalue weighted by Gasteiger charge is -2.16. The summed E-state index contributed by atoms with van der Waals surface area (Å²) in [4.78, 5) is 4.24. The Hall–Kier alpha value is -2.04. The molecule has 2 heterocycles. The van der Waals surface area contributed by atoms with Crippen molar-refractivity contribution in [3.63, 3.8) is 0 Å². The van der Waals surface area contributed by atoms with Crippen LogP contribution in [0.1, 0.15) is 20.3 Å². The van der Waals surface area contributed by atoms with Gasteiger partial charge < -0.3 is 10.6 Å². The summed E-state index contributed by atoms with van der Waals surface area (Å²) >= 11 is 0. The van der Waals surface area contributed by atoms with E-state index in [0.717, 1.165) is 30.9 Å². The number of rotatable bonds is 7. The fraction of sp³-hybridized carbons (Fsp3) is 0.429. The number of nitrogens with zero attached hydrogens (tertiary/aromatic N) is 3. The van der Waals surface area contributed by atoms with Crippen molar-refractivity contribution in [2.24, 2.45) is 0 Å². The summed E-state index contributed by atoms with van der Waals surface area (Å²) in [6, 6.07) is 4.31. The molecule has 5 heteroatoms. The molecule has 1 atom stereocenters. The topological polar surface area (TPSA) is 54.8 Å². The summed E-state index contributed by atoms with van der Waals surface area (Å²) in [6.07, 6.45) is 8.56. The molecule has 0 bridgehead atoms. The summed E-state index contributed by atoms with van der Waals surface area (Å²) in [5.74, 6) is 0. The molecule has 0 aliphatic rings. The summed E-state index contributed by atoms with van der Waals surface area (Å²) in [7, 11) is 0. The Morgan fingerprint density at radius 1 is 1.32 bits per heavy atom. The normalized spacial score (nSPS) is 12.1. The van der Waals surface area contributed by atoms with Crippen LogP contribution in [0, 0.1) is 0 Å². The summed E-state index contributed by atoms with van der Waals surface area (Å²) in [5.41, 5.74) is 2.08. The van der Waals surface area contributed by atoms with Gasteiger partial charge in [0.05, 0.1) is 30.3 Å². The minimum Gasteiger partial charge on any atom is -0.384 e. The van der Waals surface area contributed by atoms with E-state index in [1.165, 1.54) is 0 Å². The second-order valence-corrected chi connectivity index (χ2v) is 4.66. The first-order chi connectivity index (χ1) is 9.28. The van der Waals surface area contributed by atoms with E-state index < -0.39 is 0 Å². The number of aromatic nitrogens is 3. The zero-order valence-corrected chi connectivity index (χ0v) is 11.5. The molecule has 5 nitrogen and oxygen atoms in total. The smallest absolute Gasteiger partial charge is 0.0608 e. The van der Waals surface area contributed by atoms with Crippen LogP contribution in [0.15, 0.2) is 36.9 Å². The van der Waals surface area contributed by atoms with E-state index in [2.05, 4.69) is 40.6 Å². The fourth-order valence-corrected chi connectivity index (χ4v) is 1.90. The Morgan fingerprint density at radius 3 is 2.89 bits per heavy atom. The fourth-order valence-electron chi connectivity index (χ4n) is 1.90. The minimum atomic E-state index is 0.295. The Kier molecular flexibility index (Phi) is 4.78. The zero-order valence-electron chi connectivity index (χ0n) is 11.5. The molecule has 0 spiro atoms. The van der Waals surface area contributed by atoms with Crippen LogP contribution < -0.4 is 10.6 Å². The van der Waals surface area contributed by atoms with Crippen LogP contribution >= 0.6 is 0 Å². The van der Waals surface area contributed by atoms with E-state index in [-0.39, 0.29) is 0 Å². The monoisotopic (exact) mass is 259 g/mol. The number of nitrogens with one attached hydrogen (secondary N) is 2. The summed E-state index contributed by atoms with van der Waals surface area (Å²) in [6.45, 7) is 6.08. The van der Waals surface area contributed by atoms with Gasteiger partial charge in [-0.15, -0.1) is 0 Å².